The summed E-state index contributed by atoms with van der Waals surface area (Å²) in [6.45, 7) is 6.07. The van der Waals surface area contributed by atoms with E-state index in [1.165, 1.54) is 0 Å². The fraction of sp³-hybridized carbons (Fsp3) is 0.417. The molecule has 0 atom stereocenters. The number of benzene rings is 1. The maximum Gasteiger partial charge on any atom is 0.234 e. The Kier molecular flexibility index (Phi) is 4.69. The minimum atomic E-state index is 0.0826. The fourth-order valence-electron chi connectivity index (χ4n) is 1.38. The highest BCUT2D eigenvalue weighted by Gasteiger charge is 2.06. The van der Waals surface area contributed by atoms with Gasteiger partial charge in [0.2, 0.25) is 5.91 Å². The maximum atomic E-state index is 11.5. The number of amides is 1. The van der Waals surface area contributed by atoms with Crippen LogP contribution in [0.5, 0.6) is 0 Å². The predicted molar refractivity (Wildman–Crippen MR) is 67.5 cm³/mol. The Hall–Kier alpha value is -0.960. The summed E-state index contributed by atoms with van der Waals surface area (Å²) in [5, 5.41) is 2.95. The van der Waals surface area contributed by atoms with E-state index >= 15 is 0 Å². The van der Waals surface area contributed by atoms with Crippen molar-refractivity contribution in [3.05, 3.63) is 29.3 Å². The van der Waals surface area contributed by atoms with E-state index < -0.39 is 0 Å². The van der Waals surface area contributed by atoms with Crippen molar-refractivity contribution in [3.8, 4) is 0 Å². The van der Waals surface area contributed by atoms with E-state index in [9.17, 15) is 4.79 Å². The molecule has 1 amide bonds. The summed E-state index contributed by atoms with van der Waals surface area (Å²) in [6, 6.07) is 6.02. The van der Waals surface area contributed by atoms with Crippen molar-refractivity contribution in [1.82, 2.24) is 0 Å². The molecule has 0 aliphatic heterocycles. The van der Waals surface area contributed by atoms with E-state index in [1.54, 1.807) is 11.8 Å². The van der Waals surface area contributed by atoms with E-state index in [0.717, 1.165) is 22.6 Å². The second kappa shape index (κ2) is 5.81. The van der Waals surface area contributed by atoms with Crippen molar-refractivity contribution in [2.75, 3.05) is 16.8 Å². The highest BCUT2D eigenvalue weighted by molar-refractivity contribution is 7.99. The lowest BCUT2D eigenvalue weighted by atomic mass is 10.1. The number of rotatable bonds is 4. The molecule has 1 rings (SSSR count). The number of nitrogens with one attached hydrogen (secondary N) is 1. The fourth-order valence-corrected chi connectivity index (χ4v) is 1.84. The molecular weight excluding hydrogens is 206 g/mol. The van der Waals surface area contributed by atoms with Crippen LogP contribution in [0.4, 0.5) is 5.69 Å². The van der Waals surface area contributed by atoms with Crippen LogP contribution in [0.25, 0.3) is 0 Å². The highest BCUT2D eigenvalue weighted by atomic mass is 32.2. The van der Waals surface area contributed by atoms with Crippen LogP contribution in [0.15, 0.2) is 18.2 Å². The summed E-state index contributed by atoms with van der Waals surface area (Å²) in [7, 11) is 0. The van der Waals surface area contributed by atoms with Gasteiger partial charge in [-0.1, -0.05) is 25.1 Å². The third kappa shape index (κ3) is 3.59. The van der Waals surface area contributed by atoms with Crippen LogP contribution in [0.1, 0.15) is 18.1 Å². The Bertz CT molecular complexity index is 329. The van der Waals surface area contributed by atoms with Crippen LogP contribution in [-0.2, 0) is 4.79 Å². The Labute approximate surface area is 95.5 Å². The smallest absolute Gasteiger partial charge is 0.234 e. The minimum absolute atomic E-state index is 0.0826. The molecule has 0 spiro atoms. The van der Waals surface area contributed by atoms with Gasteiger partial charge in [0.1, 0.15) is 0 Å². The maximum absolute atomic E-state index is 11.5. The highest BCUT2D eigenvalue weighted by Crippen LogP contribution is 2.19. The lowest BCUT2D eigenvalue weighted by Crippen LogP contribution is -2.15. The van der Waals surface area contributed by atoms with Gasteiger partial charge in [-0.25, -0.2) is 0 Å². The molecule has 0 aromatic heterocycles. The molecule has 0 bridgehead atoms. The molecule has 0 fully saturated rings. The molecule has 0 aliphatic rings. The number of carbonyl (C=O) groups excluding carboxylic acids is 1. The molecular formula is C12H17NOS. The van der Waals surface area contributed by atoms with Crippen LogP contribution >= 0.6 is 11.8 Å². The molecule has 0 unspecified atom stereocenters. The van der Waals surface area contributed by atoms with E-state index in [-0.39, 0.29) is 5.91 Å². The van der Waals surface area contributed by atoms with Crippen molar-refractivity contribution in [2.24, 2.45) is 0 Å². The summed E-state index contributed by atoms with van der Waals surface area (Å²) in [5.74, 6) is 1.59. The quantitative estimate of drug-likeness (QED) is 0.850. The molecule has 3 heteroatoms. The van der Waals surface area contributed by atoms with Gasteiger partial charge in [-0.2, -0.15) is 11.8 Å². The second-order valence-electron chi connectivity index (χ2n) is 3.45. The topological polar surface area (TPSA) is 29.1 Å². The normalized spacial score (nSPS) is 10.1. The van der Waals surface area contributed by atoms with Gasteiger partial charge in [-0.05, 0) is 30.7 Å². The number of hydrogen-bond donors (Lipinski definition) is 1. The molecule has 0 heterocycles. The number of thioether (sulfide) groups is 1. The van der Waals surface area contributed by atoms with Crippen molar-refractivity contribution in [2.45, 2.75) is 20.8 Å². The second-order valence-corrected chi connectivity index (χ2v) is 4.73. The molecule has 15 heavy (non-hydrogen) atoms. The van der Waals surface area contributed by atoms with E-state index in [4.69, 9.17) is 0 Å². The molecule has 1 aromatic carbocycles. The van der Waals surface area contributed by atoms with Crippen molar-refractivity contribution < 1.29 is 4.79 Å². The number of carbonyl (C=O) groups is 1. The zero-order chi connectivity index (χ0) is 11.3. The number of aryl methyl sites for hydroxylation is 2. The predicted octanol–water partition coefficient (Wildman–Crippen LogP) is 3.00. The van der Waals surface area contributed by atoms with Gasteiger partial charge in [0.15, 0.2) is 0 Å². The first-order valence-electron chi connectivity index (χ1n) is 5.09. The molecule has 1 aromatic rings. The zero-order valence-corrected chi connectivity index (χ0v) is 10.3. The molecule has 2 nitrogen and oxygen atoms in total. The van der Waals surface area contributed by atoms with Crippen molar-refractivity contribution in [3.63, 3.8) is 0 Å². The SMILES string of the molecule is CCSCC(=O)Nc1c(C)cccc1C. The van der Waals surface area contributed by atoms with Crippen molar-refractivity contribution >= 4 is 23.4 Å². The minimum Gasteiger partial charge on any atom is -0.325 e. The van der Waals surface area contributed by atoms with Gasteiger partial charge >= 0.3 is 0 Å². The molecule has 0 aliphatic carbocycles. The first kappa shape index (κ1) is 12.1. The van der Waals surface area contributed by atoms with Crippen LogP contribution in [0.2, 0.25) is 0 Å². The summed E-state index contributed by atoms with van der Waals surface area (Å²) in [5.41, 5.74) is 3.19. The largest absolute Gasteiger partial charge is 0.325 e. The van der Waals surface area contributed by atoms with Gasteiger partial charge < -0.3 is 5.32 Å². The van der Waals surface area contributed by atoms with Gasteiger partial charge in [0.05, 0.1) is 5.75 Å². The van der Waals surface area contributed by atoms with Crippen LogP contribution in [0, 0.1) is 13.8 Å². The van der Waals surface area contributed by atoms with Gasteiger partial charge in [-0.3, -0.25) is 4.79 Å². The average Bonchev–Trinajstić information content (AvgIpc) is 2.21. The van der Waals surface area contributed by atoms with E-state index in [1.807, 2.05) is 32.0 Å². The van der Waals surface area contributed by atoms with Gasteiger partial charge in [-0.15, -0.1) is 0 Å². The third-order valence-electron chi connectivity index (χ3n) is 2.18. The molecule has 0 saturated carbocycles. The van der Waals surface area contributed by atoms with Gasteiger partial charge in [0, 0.05) is 5.69 Å². The summed E-state index contributed by atoms with van der Waals surface area (Å²) in [4.78, 5) is 11.5. The first-order valence-corrected chi connectivity index (χ1v) is 6.24. The van der Waals surface area contributed by atoms with Gasteiger partial charge in [0.25, 0.3) is 0 Å². The standard InChI is InChI=1S/C12H17NOS/c1-4-15-8-11(14)13-12-9(2)6-5-7-10(12)3/h5-7H,4,8H2,1-3H3,(H,13,14). The van der Waals surface area contributed by atoms with Crippen LogP contribution < -0.4 is 5.32 Å². The summed E-state index contributed by atoms with van der Waals surface area (Å²) < 4.78 is 0. The number of hydrogen-bond acceptors (Lipinski definition) is 2. The Morgan fingerprint density at radius 3 is 2.47 bits per heavy atom. The zero-order valence-electron chi connectivity index (χ0n) is 9.46. The molecule has 1 N–H and O–H groups in total. The lowest BCUT2D eigenvalue weighted by Gasteiger charge is -2.10. The van der Waals surface area contributed by atoms with Crippen molar-refractivity contribution in [1.29, 1.82) is 0 Å². The number of anilines is 1. The van der Waals surface area contributed by atoms with Crippen LogP contribution in [-0.4, -0.2) is 17.4 Å². The Morgan fingerprint density at radius 2 is 1.93 bits per heavy atom. The summed E-state index contributed by atoms with van der Waals surface area (Å²) in [6.07, 6.45) is 0. The van der Waals surface area contributed by atoms with E-state index in [0.29, 0.717) is 5.75 Å². The van der Waals surface area contributed by atoms with Crippen LogP contribution in [0.3, 0.4) is 0 Å². The average molecular weight is 223 g/mol. The molecule has 0 radical (unpaired) electrons. The molecule has 0 saturated heterocycles. The first-order chi connectivity index (χ1) is 7.15. The lowest BCUT2D eigenvalue weighted by molar-refractivity contribution is -0.113. The summed E-state index contributed by atoms with van der Waals surface area (Å²) >= 11 is 1.64. The molecule has 82 valence electrons. The monoisotopic (exact) mass is 223 g/mol. The number of para-hydroxylation sites is 1. The Balaban J connectivity index is 2.68. The Morgan fingerprint density at radius 1 is 1.33 bits per heavy atom. The van der Waals surface area contributed by atoms with E-state index in [2.05, 4.69) is 12.2 Å². The third-order valence-corrected chi connectivity index (χ3v) is 3.06.